The minimum atomic E-state index is -0.473. The van der Waals surface area contributed by atoms with E-state index in [0.29, 0.717) is 24.3 Å². The molecule has 2 heterocycles. The highest BCUT2D eigenvalue weighted by Gasteiger charge is 2.25. The van der Waals surface area contributed by atoms with Crippen LogP contribution in [0.15, 0.2) is 67.3 Å². The number of anilines is 1. The average Bonchev–Trinajstić information content (AvgIpc) is 3.28. The molecule has 1 aromatic heterocycles. The van der Waals surface area contributed by atoms with E-state index in [1.54, 1.807) is 34.0 Å². The van der Waals surface area contributed by atoms with Gasteiger partial charge in [-0.15, -0.1) is 0 Å². The van der Waals surface area contributed by atoms with Crippen LogP contribution in [0.1, 0.15) is 10.4 Å². The van der Waals surface area contributed by atoms with Gasteiger partial charge in [0.1, 0.15) is 5.69 Å². The summed E-state index contributed by atoms with van der Waals surface area (Å²) in [4.78, 5) is 31.8. The van der Waals surface area contributed by atoms with Gasteiger partial charge in [0, 0.05) is 55.9 Å². The molecule has 8 nitrogen and oxygen atoms in total. The lowest BCUT2D eigenvalue weighted by Crippen LogP contribution is -2.48. The lowest BCUT2D eigenvalue weighted by molar-refractivity contribution is -0.384. The van der Waals surface area contributed by atoms with Gasteiger partial charge in [-0.05, 0) is 24.3 Å². The molecule has 3 aromatic rings. The topological polar surface area (TPSA) is 84.5 Å². The van der Waals surface area contributed by atoms with E-state index in [2.05, 4.69) is 22.0 Å². The summed E-state index contributed by atoms with van der Waals surface area (Å²) in [6.07, 6.45) is 4.67. The SMILES string of the molecule is O=C(c1ccc(-n2ccnc2)c([N+](=O)[O-])c1)N1CCN(c2ccccc2)CC1. The van der Waals surface area contributed by atoms with Crippen LogP contribution in [0, 0.1) is 10.1 Å². The van der Waals surface area contributed by atoms with Crippen LogP contribution in [0.2, 0.25) is 0 Å². The van der Waals surface area contributed by atoms with Crippen molar-refractivity contribution in [3.8, 4) is 5.69 Å². The van der Waals surface area contributed by atoms with Gasteiger partial charge in [-0.2, -0.15) is 0 Å². The molecule has 1 saturated heterocycles. The molecule has 28 heavy (non-hydrogen) atoms. The lowest BCUT2D eigenvalue weighted by Gasteiger charge is -2.36. The number of imidazole rings is 1. The molecule has 142 valence electrons. The van der Waals surface area contributed by atoms with E-state index in [0.717, 1.165) is 18.8 Å². The highest BCUT2D eigenvalue weighted by atomic mass is 16.6. The number of nitro benzene ring substituents is 1. The van der Waals surface area contributed by atoms with Crippen LogP contribution in [-0.2, 0) is 0 Å². The van der Waals surface area contributed by atoms with Crippen LogP contribution in [0.3, 0.4) is 0 Å². The third-order valence-electron chi connectivity index (χ3n) is 4.89. The van der Waals surface area contributed by atoms with Crippen LogP contribution in [0.4, 0.5) is 11.4 Å². The first kappa shape index (κ1) is 17.7. The number of hydrogen-bond acceptors (Lipinski definition) is 5. The summed E-state index contributed by atoms with van der Waals surface area (Å²) in [5, 5.41) is 11.5. The van der Waals surface area contributed by atoms with Crippen LogP contribution >= 0.6 is 0 Å². The molecule has 0 radical (unpaired) electrons. The predicted octanol–water partition coefficient (Wildman–Crippen LogP) is 2.74. The normalized spacial score (nSPS) is 14.1. The van der Waals surface area contributed by atoms with Crippen LogP contribution in [0.25, 0.3) is 5.69 Å². The number of hydrogen-bond donors (Lipinski definition) is 0. The molecule has 1 amide bonds. The molecule has 1 fully saturated rings. The van der Waals surface area contributed by atoms with Crippen molar-refractivity contribution in [3.05, 3.63) is 82.9 Å². The standard InChI is InChI=1S/C20H19N5O3/c26-20(23-12-10-22(11-13-23)17-4-2-1-3-5-17)16-6-7-18(19(14-16)25(27)28)24-9-8-21-15-24/h1-9,14-15H,10-13H2. The van der Waals surface area contributed by atoms with Crippen molar-refractivity contribution in [2.45, 2.75) is 0 Å². The first-order valence-corrected chi connectivity index (χ1v) is 8.99. The van der Waals surface area contributed by atoms with Crippen molar-refractivity contribution in [2.24, 2.45) is 0 Å². The number of benzene rings is 2. The van der Waals surface area contributed by atoms with E-state index in [-0.39, 0.29) is 11.6 Å². The highest BCUT2D eigenvalue weighted by Crippen LogP contribution is 2.25. The van der Waals surface area contributed by atoms with Gasteiger partial charge >= 0.3 is 0 Å². The molecular weight excluding hydrogens is 358 g/mol. The third kappa shape index (κ3) is 3.44. The summed E-state index contributed by atoms with van der Waals surface area (Å²) in [5.41, 5.74) is 1.72. The molecule has 8 heteroatoms. The Morgan fingerprint density at radius 2 is 1.79 bits per heavy atom. The van der Waals surface area contributed by atoms with Gasteiger partial charge in [-0.3, -0.25) is 14.9 Å². The second-order valence-electron chi connectivity index (χ2n) is 6.55. The number of carbonyl (C=O) groups is 1. The third-order valence-corrected chi connectivity index (χ3v) is 4.89. The molecule has 0 unspecified atom stereocenters. The molecule has 0 saturated carbocycles. The van der Waals surface area contributed by atoms with E-state index in [4.69, 9.17) is 0 Å². The molecule has 0 spiro atoms. The molecular formula is C20H19N5O3. The Balaban J connectivity index is 1.51. The average molecular weight is 377 g/mol. The summed E-state index contributed by atoms with van der Waals surface area (Å²) < 4.78 is 1.56. The van der Waals surface area contributed by atoms with Gasteiger partial charge in [0.2, 0.25) is 0 Å². The van der Waals surface area contributed by atoms with Crippen molar-refractivity contribution in [2.75, 3.05) is 31.1 Å². The number of aromatic nitrogens is 2. The van der Waals surface area contributed by atoms with E-state index in [1.807, 2.05) is 18.2 Å². The minimum Gasteiger partial charge on any atom is -0.368 e. The van der Waals surface area contributed by atoms with Crippen LogP contribution in [-0.4, -0.2) is 51.5 Å². The highest BCUT2D eigenvalue weighted by molar-refractivity contribution is 5.95. The van der Waals surface area contributed by atoms with Gasteiger partial charge in [0.15, 0.2) is 0 Å². The Morgan fingerprint density at radius 3 is 2.43 bits per heavy atom. The van der Waals surface area contributed by atoms with Gasteiger partial charge in [-0.1, -0.05) is 18.2 Å². The molecule has 2 aromatic carbocycles. The lowest BCUT2D eigenvalue weighted by atomic mass is 10.1. The van der Waals surface area contributed by atoms with Gasteiger partial charge in [0.25, 0.3) is 11.6 Å². The van der Waals surface area contributed by atoms with Gasteiger partial charge in [-0.25, -0.2) is 4.98 Å². The number of nitrogens with zero attached hydrogens (tertiary/aromatic N) is 5. The molecule has 0 bridgehead atoms. The Labute approximate surface area is 161 Å². The maximum Gasteiger partial charge on any atom is 0.294 e. The fourth-order valence-corrected chi connectivity index (χ4v) is 3.41. The zero-order valence-corrected chi connectivity index (χ0v) is 15.1. The van der Waals surface area contributed by atoms with E-state index < -0.39 is 4.92 Å². The van der Waals surface area contributed by atoms with Crippen molar-refractivity contribution in [3.63, 3.8) is 0 Å². The predicted molar refractivity (Wildman–Crippen MR) is 105 cm³/mol. The first-order valence-electron chi connectivity index (χ1n) is 8.99. The first-order chi connectivity index (χ1) is 13.6. The monoisotopic (exact) mass is 377 g/mol. The molecule has 1 aliphatic rings. The largest absolute Gasteiger partial charge is 0.368 e. The Kier molecular flexibility index (Phi) is 4.76. The van der Waals surface area contributed by atoms with Crippen molar-refractivity contribution in [1.82, 2.24) is 14.5 Å². The molecule has 1 aliphatic heterocycles. The van der Waals surface area contributed by atoms with E-state index >= 15 is 0 Å². The maximum atomic E-state index is 12.9. The van der Waals surface area contributed by atoms with Crippen molar-refractivity contribution in [1.29, 1.82) is 0 Å². The molecule has 0 N–H and O–H groups in total. The number of nitro groups is 1. The summed E-state index contributed by atoms with van der Waals surface area (Å²) in [5.74, 6) is -0.187. The van der Waals surface area contributed by atoms with Crippen LogP contribution < -0.4 is 4.90 Å². The quantitative estimate of drug-likeness (QED) is 0.516. The summed E-state index contributed by atoms with van der Waals surface area (Å²) >= 11 is 0. The number of para-hydroxylation sites is 1. The molecule has 0 atom stereocenters. The Bertz CT molecular complexity index is 980. The smallest absolute Gasteiger partial charge is 0.294 e. The summed E-state index contributed by atoms with van der Waals surface area (Å²) in [6, 6.07) is 14.6. The molecule has 4 rings (SSSR count). The van der Waals surface area contributed by atoms with E-state index in [1.165, 1.54) is 12.4 Å². The van der Waals surface area contributed by atoms with E-state index in [9.17, 15) is 14.9 Å². The van der Waals surface area contributed by atoms with Gasteiger partial charge < -0.3 is 14.4 Å². The number of carbonyl (C=O) groups excluding carboxylic acids is 1. The number of amides is 1. The second-order valence-corrected chi connectivity index (χ2v) is 6.55. The number of piperazine rings is 1. The Hall–Kier alpha value is -3.68. The summed E-state index contributed by atoms with van der Waals surface area (Å²) in [6.45, 7) is 2.60. The van der Waals surface area contributed by atoms with Crippen molar-refractivity contribution >= 4 is 17.3 Å². The van der Waals surface area contributed by atoms with Crippen molar-refractivity contribution < 1.29 is 9.72 Å². The fraction of sp³-hybridized carbons (Fsp3) is 0.200. The van der Waals surface area contributed by atoms with Gasteiger partial charge in [0.05, 0.1) is 11.3 Å². The maximum absolute atomic E-state index is 12.9. The summed E-state index contributed by atoms with van der Waals surface area (Å²) in [7, 11) is 0. The Morgan fingerprint density at radius 1 is 1.04 bits per heavy atom. The fourth-order valence-electron chi connectivity index (χ4n) is 3.41. The zero-order valence-electron chi connectivity index (χ0n) is 15.1. The molecule has 0 aliphatic carbocycles. The van der Waals surface area contributed by atoms with Crippen LogP contribution in [0.5, 0.6) is 0 Å². The number of rotatable bonds is 4. The second kappa shape index (κ2) is 7.51. The zero-order chi connectivity index (χ0) is 19.5. The minimum absolute atomic E-state index is 0.119.